The molecule has 4 aromatic rings. The third kappa shape index (κ3) is 3.82. The Morgan fingerprint density at radius 1 is 1.09 bits per heavy atom. The molecule has 4 heterocycles. The summed E-state index contributed by atoms with van der Waals surface area (Å²) in [7, 11) is 0. The van der Waals surface area contributed by atoms with Crippen molar-refractivity contribution in [3.05, 3.63) is 107 Å². The molecule has 5 rings (SSSR count). The number of halogens is 1. The summed E-state index contributed by atoms with van der Waals surface area (Å²) in [5, 5.41) is 4.07. The van der Waals surface area contributed by atoms with Crippen LogP contribution in [0.4, 0.5) is 10.1 Å². The maximum absolute atomic E-state index is 14.1. The zero-order chi connectivity index (χ0) is 23.1. The number of rotatable bonds is 5. The lowest BCUT2D eigenvalue weighted by molar-refractivity contribution is 0.488. The van der Waals surface area contributed by atoms with Gasteiger partial charge in [0.2, 0.25) is 0 Å². The smallest absolute Gasteiger partial charge is 0.174 e. The number of hydrogen-bond donors (Lipinski definition) is 1. The van der Waals surface area contributed by atoms with E-state index in [0.29, 0.717) is 17.2 Å². The average Bonchev–Trinajstić information content (AvgIpc) is 3.51. The van der Waals surface area contributed by atoms with Crippen molar-refractivity contribution >= 4 is 23.0 Å². The molecule has 0 radical (unpaired) electrons. The number of thiocarbonyl (C=S) groups is 1. The van der Waals surface area contributed by atoms with Crippen LogP contribution in [0.5, 0.6) is 0 Å². The summed E-state index contributed by atoms with van der Waals surface area (Å²) < 4.78 is 21.9. The minimum atomic E-state index is -0.230. The van der Waals surface area contributed by atoms with Gasteiger partial charge >= 0.3 is 0 Å². The summed E-state index contributed by atoms with van der Waals surface area (Å²) in [6, 6.07) is 16.8. The number of benzene rings is 1. The monoisotopic (exact) mass is 460 g/mol. The maximum atomic E-state index is 14.1. The van der Waals surface area contributed by atoms with E-state index in [4.69, 9.17) is 16.6 Å². The van der Waals surface area contributed by atoms with Gasteiger partial charge in [0.25, 0.3) is 0 Å². The lowest BCUT2D eigenvalue weighted by Crippen LogP contribution is -2.29. The molecule has 3 aromatic heterocycles. The van der Waals surface area contributed by atoms with E-state index in [2.05, 4.69) is 39.7 Å². The molecule has 7 heteroatoms. The fourth-order valence-corrected chi connectivity index (χ4v) is 5.00. The van der Waals surface area contributed by atoms with E-state index in [1.54, 1.807) is 25.5 Å². The lowest BCUT2D eigenvalue weighted by atomic mass is 9.96. The number of aryl methyl sites for hydroxylation is 2. The van der Waals surface area contributed by atoms with Crippen molar-refractivity contribution in [2.45, 2.75) is 39.4 Å². The molecule has 0 unspecified atom stereocenters. The highest BCUT2D eigenvalue weighted by molar-refractivity contribution is 7.80. The Balaban J connectivity index is 1.64. The van der Waals surface area contributed by atoms with Gasteiger partial charge in [0.1, 0.15) is 11.6 Å². The molecule has 0 saturated carbocycles. The maximum Gasteiger partial charge on any atom is 0.174 e. The van der Waals surface area contributed by atoms with Crippen molar-refractivity contribution in [1.29, 1.82) is 0 Å². The summed E-state index contributed by atoms with van der Waals surface area (Å²) >= 11 is 5.80. The van der Waals surface area contributed by atoms with E-state index in [0.717, 1.165) is 34.1 Å². The lowest BCUT2D eigenvalue weighted by Gasteiger charge is -2.28. The highest BCUT2D eigenvalue weighted by Crippen LogP contribution is 2.43. The molecular formula is C26H25FN4OS. The molecule has 1 aliphatic rings. The van der Waals surface area contributed by atoms with Gasteiger partial charge in [0, 0.05) is 23.3 Å². The van der Waals surface area contributed by atoms with Gasteiger partial charge in [-0.25, -0.2) is 4.39 Å². The molecule has 1 fully saturated rings. The first-order chi connectivity index (χ1) is 15.9. The summed E-state index contributed by atoms with van der Waals surface area (Å²) in [5.41, 5.74) is 5.74. The predicted octanol–water partition coefficient (Wildman–Crippen LogP) is 5.77. The Bertz CT molecular complexity index is 1300. The van der Waals surface area contributed by atoms with Crippen LogP contribution in [0, 0.1) is 26.6 Å². The molecular weight excluding hydrogens is 435 g/mol. The van der Waals surface area contributed by atoms with Crippen LogP contribution in [0.15, 0.2) is 71.5 Å². The van der Waals surface area contributed by atoms with Crippen molar-refractivity contribution in [2.75, 3.05) is 4.90 Å². The highest BCUT2D eigenvalue weighted by atomic mass is 32.1. The van der Waals surface area contributed by atoms with Crippen LogP contribution in [0.3, 0.4) is 0 Å². The van der Waals surface area contributed by atoms with E-state index >= 15 is 0 Å². The summed E-state index contributed by atoms with van der Waals surface area (Å²) in [4.78, 5) is 6.70. The molecule has 5 nitrogen and oxygen atoms in total. The number of aromatic nitrogens is 2. The van der Waals surface area contributed by atoms with Crippen LogP contribution < -0.4 is 10.2 Å². The molecule has 1 saturated heterocycles. The van der Waals surface area contributed by atoms with Crippen molar-refractivity contribution in [3.8, 4) is 0 Å². The highest BCUT2D eigenvalue weighted by Gasteiger charge is 2.42. The van der Waals surface area contributed by atoms with E-state index in [1.165, 1.54) is 6.07 Å². The van der Waals surface area contributed by atoms with E-state index < -0.39 is 0 Å². The number of nitrogens with zero attached hydrogens (tertiary/aromatic N) is 3. The fraction of sp³-hybridized carbons (Fsp3) is 0.231. The minimum Gasteiger partial charge on any atom is -0.467 e. The zero-order valence-corrected chi connectivity index (χ0v) is 19.6. The largest absolute Gasteiger partial charge is 0.467 e. The van der Waals surface area contributed by atoms with Gasteiger partial charge in [0.15, 0.2) is 5.11 Å². The van der Waals surface area contributed by atoms with Crippen molar-refractivity contribution in [1.82, 2.24) is 14.9 Å². The van der Waals surface area contributed by atoms with Crippen molar-refractivity contribution in [2.24, 2.45) is 0 Å². The third-order valence-electron chi connectivity index (χ3n) is 6.34. The van der Waals surface area contributed by atoms with Gasteiger partial charge in [-0.15, -0.1) is 0 Å². The van der Waals surface area contributed by atoms with E-state index in [1.807, 2.05) is 36.4 Å². The minimum absolute atomic E-state index is 0.145. The van der Waals surface area contributed by atoms with Crippen LogP contribution in [-0.4, -0.2) is 14.7 Å². The van der Waals surface area contributed by atoms with Gasteiger partial charge in [-0.3, -0.25) is 4.98 Å². The molecule has 0 spiro atoms. The molecule has 33 heavy (non-hydrogen) atoms. The first-order valence-electron chi connectivity index (χ1n) is 10.9. The predicted molar refractivity (Wildman–Crippen MR) is 131 cm³/mol. The van der Waals surface area contributed by atoms with Gasteiger partial charge in [-0.05, 0) is 92.6 Å². The topological polar surface area (TPSA) is 46.2 Å². The Morgan fingerprint density at radius 3 is 2.64 bits per heavy atom. The molecule has 1 aliphatic heterocycles. The molecule has 168 valence electrons. The first kappa shape index (κ1) is 21.4. The van der Waals surface area contributed by atoms with Crippen molar-refractivity contribution in [3.63, 3.8) is 0 Å². The quantitative estimate of drug-likeness (QED) is 0.383. The second-order valence-corrected chi connectivity index (χ2v) is 8.81. The summed E-state index contributed by atoms with van der Waals surface area (Å²) in [6.45, 7) is 6.64. The van der Waals surface area contributed by atoms with Gasteiger partial charge in [-0.2, -0.15) is 0 Å². The van der Waals surface area contributed by atoms with Crippen LogP contribution >= 0.6 is 12.2 Å². The molecule has 2 atom stereocenters. The molecule has 0 bridgehead atoms. The third-order valence-corrected chi connectivity index (χ3v) is 6.66. The van der Waals surface area contributed by atoms with Gasteiger partial charge < -0.3 is 19.2 Å². The van der Waals surface area contributed by atoms with Gasteiger partial charge in [-0.1, -0.05) is 6.07 Å². The Labute approximate surface area is 197 Å². The average molecular weight is 461 g/mol. The van der Waals surface area contributed by atoms with Gasteiger partial charge in [0.05, 0.1) is 30.6 Å². The number of hydrogen-bond acceptors (Lipinski definition) is 3. The molecule has 0 aliphatic carbocycles. The summed E-state index contributed by atoms with van der Waals surface area (Å²) in [5.74, 6) is 0.669. The normalized spacial score (nSPS) is 18.1. The van der Waals surface area contributed by atoms with E-state index in [9.17, 15) is 4.39 Å². The van der Waals surface area contributed by atoms with Crippen LogP contribution in [0.1, 0.15) is 46.1 Å². The van der Waals surface area contributed by atoms with Crippen molar-refractivity contribution < 1.29 is 8.81 Å². The Morgan fingerprint density at radius 2 is 1.94 bits per heavy atom. The fourth-order valence-electron chi connectivity index (χ4n) is 4.66. The van der Waals surface area contributed by atoms with Crippen LogP contribution in [-0.2, 0) is 6.54 Å². The zero-order valence-electron chi connectivity index (χ0n) is 18.7. The number of anilines is 1. The Hall–Kier alpha value is -3.45. The second kappa shape index (κ2) is 8.48. The first-order valence-corrected chi connectivity index (χ1v) is 11.3. The standard InChI is InChI=1S/C26H25FN4OS/c1-16-13-19(9-10-22(16)27)31-25(24(29-26(31)33)23-8-4-5-11-28-23)21-14-17(2)30(18(21)3)15-20-7-6-12-32-20/h4-14,24-25H,15H2,1-3H3,(H,29,33)/t24-,25-/m0/s1. The molecule has 1 N–H and O–H groups in total. The van der Waals surface area contributed by atoms with Crippen LogP contribution in [0.2, 0.25) is 0 Å². The van der Waals surface area contributed by atoms with E-state index in [-0.39, 0.29) is 17.9 Å². The number of furan rings is 1. The Kier molecular flexibility index (Phi) is 5.50. The second-order valence-electron chi connectivity index (χ2n) is 8.42. The SMILES string of the molecule is Cc1cc(N2C(=S)N[C@@H](c3ccccn3)[C@@H]2c2cc(C)n(Cc3ccco3)c2C)ccc1F. The molecule has 1 aromatic carbocycles. The summed E-state index contributed by atoms with van der Waals surface area (Å²) in [6.07, 6.45) is 3.49. The molecule has 0 amide bonds. The number of pyridine rings is 1. The van der Waals surface area contributed by atoms with Crippen LogP contribution in [0.25, 0.3) is 0 Å². The number of nitrogens with one attached hydrogen (secondary N) is 1.